The normalized spacial score (nSPS) is 8.93. The lowest BCUT2D eigenvalue weighted by Crippen LogP contribution is -2.21. The molecule has 0 saturated heterocycles. The fraction of sp³-hybridized carbons (Fsp3) is 0.364. The molecule has 3 heteroatoms. The molecule has 0 aliphatic rings. The maximum Gasteiger partial charge on any atom is 0.209 e. The van der Waals surface area contributed by atoms with Crippen molar-refractivity contribution in [3.63, 3.8) is 0 Å². The van der Waals surface area contributed by atoms with Gasteiger partial charge in [-0.15, -0.1) is 0 Å². The van der Waals surface area contributed by atoms with Crippen LogP contribution in [0.15, 0.2) is 30.3 Å². The minimum Gasteiger partial charge on any atom is -0.351 e. The zero-order valence-electron chi connectivity index (χ0n) is 9.40. The van der Waals surface area contributed by atoms with E-state index in [0.29, 0.717) is 0 Å². The van der Waals surface area contributed by atoms with Crippen LogP contribution in [0.4, 0.5) is 0 Å². The maximum absolute atomic E-state index is 9.43. The van der Waals surface area contributed by atoms with Crippen LogP contribution in [-0.2, 0) is 4.79 Å². The Labute approximate surface area is 88.2 Å². The summed E-state index contributed by atoms with van der Waals surface area (Å²) in [6, 6.07) is 10.7. The minimum absolute atomic E-state index is 0.529. The molecule has 2 nitrogen and oxygen atoms in total. The van der Waals surface area contributed by atoms with Crippen LogP contribution in [0.5, 0.6) is 0 Å². The molecule has 0 aliphatic heterocycles. The molecule has 0 aromatic heterocycles. The molecule has 14 heavy (non-hydrogen) atoms. The molecular formula is C11H19NOSi. The molecule has 0 heterocycles. The summed E-state index contributed by atoms with van der Waals surface area (Å²) in [6.07, 6.45) is 0.750. The van der Waals surface area contributed by atoms with Crippen LogP contribution >= 0.6 is 0 Å². The second kappa shape index (κ2) is 7.32. The Morgan fingerprint density at radius 2 is 1.57 bits per heavy atom. The Morgan fingerprint density at radius 3 is 1.79 bits per heavy atom. The van der Waals surface area contributed by atoms with Gasteiger partial charge in [-0.3, -0.25) is 4.79 Å². The zero-order chi connectivity index (χ0) is 11.0. The van der Waals surface area contributed by atoms with Gasteiger partial charge in [0.1, 0.15) is 0 Å². The average Bonchev–Trinajstić information content (AvgIpc) is 2.20. The second-order valence-electron chi connectivity index (χ2n) is 3.63. The Morgan fingerprint density at radius 1 is 1.14 bits per heavy atom. The molecule has 78 valence electrons. The highest BCUT2D eigenvalue weighted by molar-refractivity contribution is 6.70. The van der Waals surface area contributed by atoms with Gasteiger partial charge in [-0.1, -0.05) is 48.6 Å². The largest absolute Gasteiger partial charge is 0.351 e. The maximum atomic E-state index is 9.43. The Balaban J connectivity index is 0.000000292. The molecular weight excluding hydrogens is 190 g/mol. The summed E-state index contributed by atoms with van der Waals surface area (Å²) in [4.78, 5) is 10.9. The van der Waals surface area contributed by atoms with Gasteiger partial charge in [0.05, 0.1) is 8.80 Å². The van der Waals surface area contributed by atoms with Crippen molar-refractivity contribution in [3.8, 4) is 0 Å². The lowest BCUT2D eigenvalue weighted by molar-refractivity contribution is -0.115. The van der Waals surface area contributed by atoms with Crippen molar-refractivity contribution in [2.75, 3.05) is 14.1 Å². The lowest BCUT2D eigenvalue weighted by atomic mass is 10.4. The summed E-state index contributed by atoms with van der Waals surface area (Å²) < 4.78 is 0. The van der Waals surface area contributed by atoms with Gasteiger partial charge >= 0.3 is 0 Å². The Bertz CT molecular complexity index is 247. The van der Waals surface area contributed by atoms with Crippen LogP contribution in [0, 0.1) is 0 Å². The number of rotatable bonds is 2. The lowest BCUT2D eigenvalue weighted by Gasteiger charge is -1.99. The third-order valence-corrected chi connectivity index (χ3v) is 3.40. The third-order valence-electron chi connectivity index (χ3n) is 1.68. The first-order valence-corrected chi connectivity index (χ1v) is 7.63. The van der Waals surface area contributed by atoms with E-state index in [1.165, 1.54) is 4.90 Å². The average molecular weight is 209 g/mol. The van der Waals surface area contributed by atoms with E-state index in [4.69, 9.17) is 0 Å². The van der Waals surface area contributed by atoms with E-state index in [9.17, 15) is 4.79 Å². The van der Waals surface area contributed by atoms with E-state index < -0.39 is 8.80 Å². The smallest absolute Gasteiger partial charge is 0.209 e. The Hall–Kier alpha value is -1.09. The molecule has 0 atom stereocenters. The number of amides is 1. The topological polar surface area (TPSA) is 20.3 Å². The van der Waals surface area contributed by atoms with Gasteiger partial charge < -0.3 is 4.90 Å². The summed E-state index contributed by atoms with van der Waals surface area (Å²) in [5.41, 5.74) is 0. The van der Waals surface area contributed by atoms with Gasteiger partial charge in [0, 0.05) is 14.1 Å². The highest BCUT2D eigenvalue weighted by atomic mass is 28.3. The van der Waals surface area contributed by atoms with Crippen LogP contribution in [0.3, 0.4) is 0 Å². The Kier molecular flexibility index (Phi) is 6.75. The first kappa shape index (κ1) is 12.9. The second-order valence-corrected chi connectivity index (χ2v) is 6.61. The van der Waals surface area contributed by atoms with Crippen molar-refractivity contribution < 1.29 is 4.79 Å². The number of hydrogen-bond donors (Lipinski definition) is 0. The first-order valence-electron chi connectivity index (χ1n) is 4.74. The molecule has 0 saturated carbocycles. The van der Waals surface area contributed by atoms with Crippen LogP contribution in [0.25, 0.3) is 0 Å². The standard InChI is InChI=1S/C8H12Si.C3H7NO/c1-9(2)8-6-4-3-5-7-8;1-4(2)3-5/h3-7,9H,1-2H3;3H,1-2H3. The number of carbonyl (C=O) groups is 1. The molecule has 1 aromatic rings. The molecule has 1 rings (SSSR count). The van der Waals surface area contributed by atoms with E-state index >= 15 is 0 Å². The van der Waals surface area contributed by atoms with Gasteiger partial charge in [-0.2, -0.15) is 0 Å². The molecule has 1 amide bonds. The van der Waals surface area contributed by atoms with Crippen molar-refractivity contribution in [2.24, 2.45) is 0 Å². The molecule has 0 N–H and O–H groups in total. The SMILES string of the molecule is CN(C)C=O.C[SiH](C)c1ccccc1. The highest BCUT2D eigenvalue weighted by Crippen LogP contribution is 1.85. The molecule has 0 radical (unpaired) electrons. The summed E-state index contributed by atoms with van der Waals surface area (Å²) in [7, 11) is 2.85. The van der Waals surface area contributed by atoms with Crippen LogP contribution < -0.4 is 5.19 Å². The van der Waals surface area contributed by atoms with Crippen molar-refractivity contribution in [1.29, 1.82) is 0 Å². The number of hydrogen-bond acceptors (Lipinski definition) is 1. The summed E-state index contributed by atoms with van der Waals surface area (Å²) in [5.74, 6) is 0. The zero-order valence-corrected chi connectivity index (χ0v) is 10.6. The molecule has 1 aromatic carbocycles. The third kappa shape index (κ3) is 6.43. The molecule has 0 spiro atoms. The number of benzene rings is 1. The van der Waals surface area contributed by atoms with Crippen molar-refractivity contribution in [3.05, 3.63) is 30.3 Å². The summed E-state index contributed by atoms with van der Waals surface area (Å²) >= 11 is 0. The molecule has 0 bridgehead atoms. The van der Waals surface area contributed by atoms with Crippen molar-refractivity contribution in [2.45, 2.75) is 13.1 Å². The van der Waals surface area contributed by atoms with Gasteiger partial charge in [-0.25, -0.2) is 0 Å². The van der Waals surface area contributed by atoms with Crippen molar-refractivity contribution >= 4 is 20.4 Å². The fourth-order valence-corrected chi connectivity index (χ4v) is 1.83. The van der Waals surface area contributed by atoms with Gasteiger partial charge in [0.2, 0.25) is 6.41 Å². The van der Waals surface area contributed by atoms with Crippen LogP contribution in [0.1, 0.15) is 0 Å². The minimum atomic E-state index is -0.529. The molecule has 0 fully saturated rings. The van der Waals surface area contributed by atoms with Gasteiger partial charge in [-0.05, 0) is 0 Å². The quantitative estimate of drug-likeness (QED) is 0.527. The fourth-order valence-electron chi connectivity index (χ4n) is 0.838. The van der Waals surface area contributed by atoms with E-state index in [2.05, 4.69) is 43.4 Å². The first-order chi connectivity index (χ1) is 6.57. The number of nitrogens with zero attached hydrogens (tertiary/aromatic N) is 1. The summed E-state index contributed by atoms with van der Waals surface area (Å²) in [6.45, 7) is 4.69. The van der Waals surface area contributed by atoms with Gasteiger partial charge in [0.25, 0.3) is 0 Å². The molecule has 0 unspecified atom stereocenters. The van der Waals surface area contributed by atoms with Crippen LogP contribution in [0.2, 0.25) is 13.1 Å². The van der Waals surface area contributed by atoms with E-state index in [1.54, 1.807) is 19.3 Å². The van der Waals surface area contributed by atoms with Crippen molar-refractivity contribution in [1.82, 2.24) is 4.90 Å². The predicted molar refractivity (Wildman–Crippen MR) is 64.7 cm³/mol. The predicted octanol–water partition coefficient (Wildman–Crippen LogP) is 1.08. The number of carbonyl (C=O) groups excluding carboxylic acids is 1. The van der Waals surface area contributed by atoms with E-state index in [-0.39, 0.29) is 0 Å². The molecule has 0 aliphatic carbocycles. The highest BCUT2D eigenvalue weighted by Gasteiger charge is 1.95. The monoisotopic (exact) mass is 209 g/mol. The summed E-state index contributed by atoms with van der Waals surface area (Å²) in [5, 5.41) is 1.55. The van der Waals surface area contributed by atoms with Gasteiger partial charge in [0.15, 0.2) is 0 Å². The van der Waals surface area contributed by atoms with E-state index in [1.807, 2.05) is 0 Å². The van der Waals surface area contributed by atoms with Crippen LogP contribution in [-0.4, -0.2) is 34.2 Å². The van der Waals surface area contributed by atoms with E-state index in [0.717, 1.165) is 6.41 Å².